The van der Waals surface area contributed by atoms with E-state index in [9.17, 15) is 14.7 Å². The lowest BCUT2D eigenvalue weighted by Gasteiger charge is -2.19. The van der Waals surface area contributed by atoms with E-state index < -0.39 is 12.0 Å². The lowest BCUT2D eigenvalue weighted by molar-refractivity contribution is -0.142. The lowest BCUT2D eigenvalue weighted by atomic mass is 9.98. The molecule has 3 N–H and O–H groups in total. The molecule has 1 aliphatic heterocycles. The summed E-state index contributed by atoms with van der Waals surface area (Å²) in [4.78, 5) is 23.5. The molecule has 0 saturated carbocycles. The molecule has 5 heteroatoms. The van der Waals surface area contributed by atoms with Crippen LogP contribution in [0, 0.1) is 5.92 Å². The predicted molar refractivity (Wildman–Crippen MR) is 76.7 cm³/mol. The van der Waals surface area contributed by atoms with Crippen molar-refractivity contribution in [2.45, 2.75) is 32.2 Å². The number of carbonyl (C=O) groups excluding carboxylic acids is 1. The van der Waals surface area contributed by atoms with E-state index in [4.69, 9.17) is 0 Å². The summed E-state index contributed by atoms with van der Waals surface area (Å²) in [6.45, 7) is 4.39. The minimum absolute atomic E-state index is 0.213. The number of aliphatic carboxylic acids is 1. The second-order valence-electron chi connectivity index (χ2n) is 5.55. The van der Waals surface area contributed by atoms with Crippen molar-refractivity contribution in [1.82, 2.24) is 5.32 Å². The number of hydrogen-bond donors (Lipinski definition) is 3. The summed E-state index contributed by atoms with van der Waals surface area (Å²) in [5.41, 5.74) is 1.88. The Balaban J connectivity index is 2.07. The monoisotopic (exact) mass is 276 g/mol. The van der Waals surface area contributed by atoms with Gasteiger partial charge in [0.15, 0.2) is 0 Å². The summed E-state index contributed by atoms with van der Waals surface area (Å²) in [5, 5.41) is 15.0. The van der Waals surface area contributed by atoms with Gasteiger partial charge in [0.1, 0.15) is 6.04 Å². The molecule has 2 rings (SSSR count). The van der Waals surface area contributed by atoms with Gasteiger partial charge in [-0.05, 0) is 24.0 Å². The molecule has 2 unspecified atom stereocenters. The van der Waals surface area contributed by atoms with Gasteiger partial charge in [-0.15, -0.1) is 0 Å². The maximum absolute atomic E-state index is 12.3. The zero-order valence-electron chi connectivity index (χ0n) is 11.7. The van der Waals surface area contributed by atoms with Crippen molar-refractivity contribution >= 4 is 17.6 Å². The van der Waals surface area contributed by atoms with Crippen LogP contribution in [-0.2, 0) is 9.59 Å². The number of carboxylic acids is 1. The van der Waals surface area contributed by atoms with Gasteiger partial charge >= 0.3 is 5.97 Å². The smallest absolute Gasteiger partial charge is 0.326 e. The van der Waals surface area contributed by atoms with Gasteiger partial charge in [0.2, 0.25) is 5.91 Å². The number of carbonyl (C=O) groups is 2. The Kier molecular flexibility index (Phi) is 4.27. The third-order valence-corrected chi connectivity index (χ3v) is 3.47. The van der Waals surface area contributed by atoms with Crippen LogP contribution in [0.15, 0.2) is 24.3 Å². The van der Waals surface area contributed by atoms with Crippen LogP contribution >= 0.6 is 0 Å². The molecule has 1 aromatic rings. The largest absolute Gasteiger partial charge is 0.480 e. The maximum Gasteiger partial charge on any atom is 0.326 e. The Labute approximate surface area is 118 Å². The van der Waals surface area contributed by atoms with E-state index in [1.165, 1.54) is 0 Å². The molecule has 0 fully saturated rings. The molecule has 0 spiro atoms. The number of hydrogen-bond acceptors (Lipinski definition) is 3. The molecule has 0 aliphatic carbocycles. The Bertz CT molecular complexity index is 514. The standard InChI is InChI=1S/C15H20N2O3/c1-9(2)7-13(15(19)20)17-14(18)11-8-16-12-6-4-3-5-10(11)12/h3-6,9,11,13,16H,7-8H2,1-2H3,(H,17,18)(H,19,20). The van der Waals surface area contributed by atoms with Gasteiger partial charge in [0.25, 0.3) is 0 Å². The van der Waals surface area contributed by atoms with Crippen molar-refractivity contribution < 1.29 is 14.7 Å². The van der Waals surface area contributed by atoms with Crippen LogP contribution in [0.2, 0.25) is 0 Å². The van der Waals surface area contributed by atoms with Crippen molar-refractivity contribution in [3.8, 4) is 0 Å². The van der Waals surface area contributed by atoms with Crippen LogP contribution < -0.4 is 10.6 Å². The molecule has 1 aromatic carbocycles. The molecule has 1 heterocycles. The molecule has 0 saturated heterocycles. The molecule has 108 valence electrons. The van der Waals surface area contributed by atoms with Crippen LogP contribution in [0.3, 0.4) is 0 Å². The lowest BCUT2D eigenvalue weighted by Crippen LogP contribution is -2.44. The minimum atomic E-state index is -0.980. The van der Waals surface area contributed by atoms with E-state index in [0.717, 1.165) is 11.3 Å². The molecule has 20 heavy (non-hydrogen) atoms. The van der Waals surface area contributed by atoms with Crippen LogP contribution in [-0.4, -0.2) is 29.6 Å². The van der Waals surface area contributed by atoms with Gasteiger partial charge in [0, 0.05) is 12.2 Å². The van der Waals surface area contributed by atoms with Gasteiger partial charge in [-0.2, -0.15) is 0 Å². The molecule has 5 nitrogen and oxygen atoms in total. The highest BCUT2D eigenvalue weighted by molar-refractivity contribution is 5.91. The first kappa shape index (κ1) is 14.4. The van der Waals surface area contributed by atoms with E-state index in [0.29, 0.717) is 13.0 Å². The summed E-state index contributed by atoms with van der Waals surface area (Å²) in [6, 6.07) is 6.79. The van der Waals surface area contributed by atoms with Crippen LogP contribution in [0.4, 0.5) is 5.69 Å². The fourth-order valence-electron chi connectivity index (χ4n) is 2.48. The topological polar surface area (TPSA) is 78.4 Å². The summed E-state index contributed by atoms with van der Waals surface area (Å²) in [7, 11) is 0. The van der Waals surface area contributed by atoms with Crippen LogP contribution in [0.25, 0.3) is 0 Å². The third-order valence-electron chi connectivity index (χ3n) is 3.47. The van der Waals surface area contributed by atoms with Crippen molar-refractivity contribution in [3.63, 3.8) is 0 Å². The molecular formula is C15H20N2O3. The number of amides is 1. The highest BCUT2D eigenvalue weighted by Gasteiger charge is 2.31. The van der Waals surface area contributed by atoms with Crippen molar-refractivity contribution in [2.24, 2.45) is 5.92 Å². The zero-order chi connectivity index (χ0) is 14.7. The Morgan fingerprint density at radius 1 is 1.40 bits per heavy atom. The van der Waals surface area contributed by atoms with E-state index in [1.54, 1.807) is 0 Å². The van der Waals surface area contributed by atoms with Crippen LogP contribution in [0.5, 0.6) is 0 Å². The van der Waals surface area contributed by atoms with Crippen molar-refractivity contribution in [3.05, 3.63) is 29.8 Å². The molecule has 0 radical (unpaired) electrons. The van der Waals surface area contributed by atoms with Crippen molar-refractivity contribution in [2.75, 3.05) is 11.9 Å². The maximum atomic E-state index is 12.3. The third kappa shape index (κ3) is 3.10. The number of fused-ring (bicyclic) bond motifs is 1. The number of anilines is 1. The van der Waals surface area contributed by atoms with Gasteiger partial charge in [-0.1, -0.05) is 32.0 Å². The highest BCUT2D eigenvalue weighted by Crippen LogP contribution is 2.31. The predicted octanol–water partition coefficient (Wildman–Crippen LogP) is 1.81. The normalized spacial score (nSPS) is 18.2. The van der Waals surface area contributed by atoms with E-state index in [1.807, 2.05) is 38.1 Å². The second kappa shape index (κ2) is 5.94. The summed E-state index contributed by atoms with van der Waals surface area (Å²) < 4.78 is 0. The molecule has 0 aromatic heterocycles. The van der Waals surface area contributed by atoms with E-state index in [-0.39, 0.29) is 17.7 Å². The molecule has 1 aliphatic rings. The molecular weight excluding hydrogens is 256 g/mol. The first-order valence-electron chi connectivity index (χ1n) is 6.85. The fourth-order valence-corrected chi connectivity index (χ4v) is 2.48. The number of benzene rings is 1. The summed E-state index contributed by atoms with van der Waals surface area (Å²) >= 11 is 0. The molecule has 2 atom stereocenters. The number of carboxylic acid groups (broad SMARTS) is 1. The number of rotatable bonds is 5. The minimum Gasteiger partial charge on any atom is -0.480 e. The molecule has 0 bridgehead atoms. The first-order valence-corrected chi connectivity index (χ1v) is 6.85. The van der Waals surface area contributed by atoms with Gasteiger partial charge in [-0.25, -0.2) is 4.79 Å². The van der Waals surface area contributed by atoms with E-state index in [2.05, 4.69) is 10.6 Å². The van der Waals surface area contributed by atoms with Gasteiger partial charge < -0.3 is 15.7 Å². The average molecular weight is 276 g/mol. The van der Waals surface area contributed by atoms with Gasteiger partial charge in [0.05, 0.1) is 5.92 Å². The van der Waals surface area contributed by atoms with Gasteiger partial charge in [-0.3, -0.25) is 4.79 Å². The Morgan fingerprint density at radius 2 is 2.10 bits per heavy atom. The number of para-hydroxylation sites is 1. The second-order valence-corrected chi connectivity index (χ2v) is 5.55. The van der Waals surface area contributed by atoms with Crippen LogP contribution in [0.1, 0.15) is 31.7 Å². The number of nitrogens with one attached hydrogen (secondary N) is 2. The average Bonchev–Trinajstić information content (AvgIpc) is 2.81. The Hall–Kier alpha value is -2.04. The highest BCUT2D eigenvalue weighted by atomic mass is 16.4. The zero-order valence-corrected chi connectivity index (χ0v) is 11.7. The SMILES string of the molecule is CC(C)CC(NC(=O)C1CNc2ccccc21)C(=O)O. The summed E-state index contributed by atoms with van der Waals surface area (Å²) in [5.74, 6) is -1.31. The quantitative estimate of drug-likeness (QED) is 0.766. The summed E-state index contributed by atoms with van der Waals surface area (Å²) in [6.07, 6.45) is 0.433. The molecule has 1 amide bonds. The van der Waals surface area contributed by atoms with Crippen molar-refractivity contribution in [1.29, 1.82) is 0 Å². The first-order chi connectivity index (χ1) is 9.49. The Morgan fingerprint density at radius 3 is 2.75 bits per heavy atom. The fraction of sp³-hybridized carbons (Fsp3) is 0.467. The van der Waals surface area contributed by atoms with E-state index >= 15 is 0 Å².